The molecule has 11 heteroatoms. The molecule has 0 atom stereocenters. The van der Waals surface area contributed by atoms with Gasteiger partial charge in [-0.15, -0.1) is 0 Å². The molecule has 0 aliphatic rings. The van der Waals surface area contributed by atoms with Crippen LogP contribution in [0.1, 0.15) is 12.8 Å². The number of aliphatic carboxylic acids is 3. The first-order valence-electron chi connectivity index (χ1n) is 3.17. The first-order valence-corrected chi connectivity index (χ1v) is 3.17. The Morgan fingerprint density at radius 2 is 1.06 bits per heavy atom. The summed E-state index contributed by atoms with van der Waals surface area (Å²) in [5.74, 6) is -5.02. The summed E-state index contributed by atoms with van der Waals surface area (Å²) >= 11 is 0. The zero-order valence-electron chi connectivity index (χ0n) is 6.43. The third-order valence-electron chi connectivity index (χ3n) is 1.29. The average molecular weight is 355 g/mol. The van der Waals surface area contributed by atoms with Gasteiger partial charge in [-0.3, -0.25) is 9.59 Å². The van der Waals surface area contributed by atoms with Crippen LogP contribution in [0.4, 0.5) is 0 Å². The summed E-state index contributed by atoms with van der Waals surface area (Å²) in [5.41, 5.74) is -2.74. The second kappa shape index (κ2) is 16.9. The average Bonchev–Trinajstić information content (AvgIpc) is 1.82. The molecule has 7 nitrogen and oxygen atoms in total. The van der Waals surface area contributed by atoms with Crippen LogP contribution in [0.2, 0.25) is 0 Å². The summed E-state index contributed by atoms with van der Waals surface area (Å²) in [6.45, 7) is 0. The van der Waals surface area contributed by atoms with Crippen LogP contribution < -0.4 is 0 Å². The van der Waals surface area contributed by atoms with Gasteiger partial charge in [0.2, 0.25) is 0 Å². The summed E-state index contributed by atoms with van der Waals surface area (Å²) in [7, 11) is 0. The fourth-order valence-corrected chi connectivity index (χ4v) is 0.714. The predicted molar refractivity (Wildman–Crippen MR) is 67.1 cm³/mol. The molecule has 0 saturated carbocycles. The quantitative estimate of drug-likeness (QED) is 0.369. The topological polar surface area (TPSA) is 132 Å². The zero-order chi connectivity index (χ0) is 10.6. The number of aliphatic hydroxyl groups is 1. The Balaban J connectivity index is -0.000000120. The van der Waals surface area contributed by atoms with Crippen molar-refractivity contribution < 1.29 is 34.8 Å². The molecule has 0 heterocycles. The molecule has 4 N–H and O–H groups in total. The van der Waals surface area contributed by atoms with Crippen LogP contribution in [0.3, 0.4) is 0 Å². The van der Waals surface area contributed by atoms with Crippen LogP contribution >= 0.6 is 0 Å². The Hall–Kier alpha value is 4.54. The molecular weight excluding hydrogens is 341 g/mol. The van der Waals surface area contributed by atoms with E-state index in [1.165, 1.54) is 0 Å². The molecule has 0 rings (SSSR count). The van der Waals surface area contributed by atoms with Crippen LogP contribution in [-0.2, 0) is 14.4 Å². The van der Waals surface area contributed by atoms with E-state index in [0.29, 0.717) is 0 Å². The van der Waals surface area contributed by atoms with Gasteiger partial charge in [-0.2, -0.15) is 0 Å². The second-order valence-electron chi connectivity index (χ2n) is 2.48. The number of hydrogen-bond acceptors (Lipinski definition) is 4. The summed E-state index contributed by atoms with van der Waals surface area (Å²) in [4.78, 5) is 30.5. The first kappa shape index (κ1) is 33.2. The van der Waals surface area contributed by atoms with Crippen LogP contribution in [-0.4, -0.2) is 236 Å². The van der Waals surface area contributed by atoms with Crippen molar-refractivity contribution in [2.45, 2.75) is 18.4 Å². The van der Waals surface area contributed by atoms with Gasteiger partial charge >= 0.3 is 210 Å². The Bertz CT molecular complexity index is 244. The van der Waals surface area contributed by atoms with Gasteiger partial charge < -0.3 is 20.4 Å². The van der Waals surface area contributed by atoms with E-state index in [-0.39, 0.29) is 192 Å². The maximum atomic E-state index is 10.3. The van der Waals surface area contributed by atoms with E-state index in [1.54, 1.807) is 0 Å². The standard InChI is InChI=1S/C6H8O7.Ca.3K.5H/c7-3(8)1-6(13,5(11)12)2-4(9)10;;;;;;;;;/h13H,1-2H2,(H,7,8)(H,9,10)(H,11,12);;;;;;;;;. The van der Waals surface area contributed by atoms with Gasteiger partial charge in [0.1, 0.15) is 0 Å². The molecule has 0 aromatic rings. The van der Waals surface area contributed by atoms with Gasteiger partial charge in [-0.25, -0.2) is 4.79 Å². The van der Waals surface area contributed by atoms with E-state index in [0.717, 1.165) is 0 Å². The number of carboxylic acids is 3. The summed E-state index contributed by atoms with van der Waals surface area (Å²) in [6, 6.07) is 0. The second-order valence-corrected chi connectivity index (χ2v) is 2.48. The van der Waals surface area contributed by atoms with Gasteiger partial charge in [0.05, 0.1) is 12.8 Å². The van der Waals surface area contributed by atoms with Crippen molar-refractivity contribution in [3.63, 3.8) is 0 Å². The molecular formula is C6H13CaK3O7. The SMILES string of the molecule is O=C(O)CC(O)(CC(=O)O)C(=O)O.[CaH2].[KH].[KH].[KH]. The van der Waals surface area contributed by atoms with E-state index >= 15 is 0 Å². The normalized spacial score (nSPS) is 8.29. The molecule has 0 aliphatic carbocycles. The number of rotatable bonds is 5. The van der Waals surface area contributed by atoms with E-state index in [2.05, 4.69) is 0 Å². The van der Waals surface area contributed by atoms with Crippen LogP contribution in [0.15, 0.2) is 0 Å². The van der Waals surface area contributed by atoms with Crippen molar-refractivity contribution >= 4 is 210 Å². The van der Waals surface area contributed by atoms with Crippen molar-refractivity contribution in [2.75, 3.05) is 0 Å². The molecule has 0 spiro atoms. The van der Waals surface area contributed by atoms with Crippen molar-refractivity contribution in [2.24, 2.45) is 0 Å². The van der Waals surface area contributed by atoms with Crippen molar-refractivity contribution in [1.82, 2.24) is 0 Å². The molecule has 17 heavy (non-hydrogen) atoms. The Morgan fingerprint density at radius 1 is 0.824 bits per heavy atom. The Kier molecular flexibility index (Phi) is 33.0. The third kappa shape index (κ3) is 16.7. The molecule has 84 valence electrons. The van der Waals surface area contributed by atoms with E-state index in [1.807, 2.05) is 0 Å². The summed E-state index contributed by atoms with van der Waals surface area (Å²) < 4.78 is 0. The molecule has 0 saturated heterocycles. The van der Waals surface area contributed by atoms with Crippen LogP contribution in [0.25, 0.3) is 0 Å². The number of carbonyl (C=O) groups is 3. The minimum atomic E-state index is -2.74. The van der Waals surface area contributed by atoms with E-state index in [9.17, 15) is 14.4 Å². The van der Waals surface area contributed by atoms with Crippen molar-refractivity contribution in [3.05, 3.63) is 0 Å². The third-order valence-corrected chi connectivity index (χ3v) is 1.29. The fourth-order valence-electron chi connectivity index (χ4n) is 0.714. The molecule has 0 aliphatic heterocycles. The van der Waals surface area contributed by atoms with Crippen molar-refractivity contribution in [1.29, 1.82) is 0 Å². The molecule has 0 fully saturated rings. The van der Waals surface area contributed by atoms with Crippen LogP contribution in [0, 0.1) is 0 Å². The molecule has 0 bridgehead atoms. The first-order chi connectivity index (χ1) is 5.78. The molecule has 0 radical (unpaired) electrons. The predicted octanol–water partition coefficient (Wildman–Crippen LogP) is -4.11. The molecule has 0 aromatic heterocycles. The van der Waals surface area contributed by atoms with Gasteiger partial charge in [-0.05, 0) is 0 Å². The number of carboxylic acid groups (broad SMARTS) is 3. The zero-order valence-corrected chi connectivity index (χ0v) is 6.43. The fraction of sp³-hybridized carbons (Fsp3) is 0.500. The van der Waals surface area contributed by atoms with E-state index in [4.69, 9.17) is 20.4 Å². The van der Waals surface area contributed by atoms with Gasteiger partial charge in [0.15, 0.2) is 5.60 Å². The molecule has 0 amide bonds. The van der Waals surface area contributed by atoms with Crippen LogP contribution in [0.5, 0.6) is 0 Å². The maximum absolute atomic E-state index is 10.3. The summed E-state index contributed by atoms with van der Waals surface area (Å²) in [6.07, 6.45) is -2.29. The van der Waals surface area contributed by atoms with Gasteiger partial charge in [0, 0.05) is 0 Å². The molecule has 0 aromatic carbocycles. The number of hydrogen-bond donors (Lipinski definition) is 4. The van der Waals surface area contributed by atoms with Crippen molar-refractivity contribution in [3.8, 4) is 0 Å². The van der Waals surface area contributed by atoms with E-state index < -0.39 is 36.4 Å². The van der Waals surface area contributed by atoms with Gasteiger partial charge in [-0.1, -0.05) is 0 Å². The monoisotopic (exact) mass is 354 g/mol. The Labute approximate surface area is 255 Å². The molecule has 0 unspecified atom stereocenters. The summed E-state index contributed by atoms with van der Waals surface area (Å²) in [5, 5.41) is 33.8. The van der Waals surface area contributed by atoms with Gasteiger partial charge in [0.25, 0.3) is 0 Å². The Morgan fingerprint density at radius 3 is 1.18 bits per heavy atom. The minimum absolute atomic E-state index is 0.